The molecule has 1 aliphatic rings. The van der Waals surface area contributed by atoms with Gasteiger partial charge >= 0.3 is 0 Å². The summed E-state index contributed by atoms with van der Waals surface area (Å²) >= 11 is 0. The van der Waals surface area contributed by atoms with Crippen molar-refractivity contribution in [2.75, 3.05) is 14.2 Å². The highest BCUT2D eigenvalue weighted by molar-refractivity contribution is 5.45. The van der Waals surface area contributed by atoms with Crippen LogP contribution in [0.3, 0.4) is 0 Å². The first-order valence-electron chi connectivity index (χ1n) is 7.19. The van der Waals surface area contributed by atoms with Crippen LogP contribution in [-0.2, 0) is 0 Å². The first-order valence-corrected chi connectivity index (χ1v) is 7.19. The second-order valence-electron chi connectivity index (χ2n) is 5.92. The minimum absolute atomic E-state index is 0.0430. The predicted molar refractivity (Wildman–Crippen MR) is 77.6 cm³/mol. The predicted octanol–water partition coefficient (Wildman–Crippen LogP) is 3.81. The van der Waals surface area contributed by atoms with Crippen molar-refractivity contribution in [3.63, 3.8) is 0 Å². The van der Waals surface area contributed by atoms with E-state index in [4.69, 9.17) is 15.2 Å². The molecule has 1 aromatic carbocycles. The summed E-state index contributed by atoms with van der Waals surface area (Å²) in [6.07, 6.45) is 5.67. The standard InChI is InChI=1S/C16H24FNO2/c1-16(7-5-4-6-8-16)15(18)11-9-13(19-2)14(20-3)10-12(11)17/h9-10,15H,4-8,18H2,1-3H3. The van der Waals surface area contributed by atoms with Gasteiger partial charge in [0.1, 0.15) is 5.82 Å². The summed E-state index contributed by atoms with van der Waals surface area (Å²) in [5, 5.41) is 0. The zero-order chi connectivity index (χ0) is 14.8. The molecular weight excluding hydrogens is 257 g/mol. The highest BCUT2D eigenvalue weighted by Gasteiger charge is 2.35. The van der Waals surface area contributed by atoms with Gasteiger partial charge in [-0.05, 0) is 24.3 Å². The van der Waals surface area contributed by atoms with E-state index < -0.39 is 0 Å². The highest BCUT2D eigenvalue weighted by atomic mass is 19.1. The number of halogens is 1. The van der Waals surface area contributed by atoms with Crippen LogP contribution >= 0.6 is 0 Å². The van der Waals surface area contributed by atoms with Crippen molar-refractivity contribution >= 4 is 0 Å². The van der Waals surface area contributed by atoms with Gasteiger partial charge in [0.2, 0.25) is 0 Å². The Balaban J connectivity index is 2.36. The van der Waals surface area contributed by atoms with E-state index in [0.717, 1.165) is 12.8 Å². The van der Waals surface area contributed by atoms with E-state index in [0.29, 0.717) is 17.1 Å². The van der Waals surface area contributed by atoms with Crippen molar-refractivity contribution in [3.05, 3.63) is 23.5 Å². The topological polar surface area (TPSA) is 44.5 Å². The largest absolute Gasteiger partial charge is 0.493 e. The summed E-state index contributed by atoms with van der Waals surface area (Å²) in [5.41, 5.74) is 6.86. The van der Waals surface area contributed by atoms with E-state index in [9.17, 15) is 4.39 Å². The molecule has 1 unspecified atom stereocenters. The summed E-state index contributed by atoms with van der Waals surface area (Å²) in [5.74, 6) is 0.607. The molecule has 0 heterocycles. The molecule has 4 heteroatoms. The molecule has 1 atom stereocenters. The molecular formula is C16H24FNO2. The first kappa shape index (κ1) is 15.1. The van der Waals surface area contributed by atoms with Crippen LogP contribution in [0.4, 0.5) is 4.39 Å². The third kappa shape index (κ3) is 2.75. The van der Waals surface area contributed by atoms with Crippen LogP contribution in [-0.4, -0.2) is 14.2 Å². The lowest BCUT2D eigenvalue weighted by Crippen LogP contribution is -2.34. The number of rotatable bonds is 4. The molecule has 0 amide bonds. The zero-order valence-corrected chi connectivity index (χ0v) is 12.5. The molecule has 1 saturated carbocycles. The fourth-order valence-corrected chi connectivity index (χ4v) is 3.15. The van der Waals surface area contributed by atoms with Crippen LogP contribution < -0.4 is 15.2 Å². The average Bonchev–Trinajstić information content (AvgIpc) is 2.47. The van der Waals surface area contributed by atoms with E-state index in [1.807, 2.05) is 0 Å². The van der Waals surface area contributed by atoms with Crippen molar-refractivity contribution in [2.24, 2.45) is 11.1 Å². The lowest BCUT2D eigenvalue weighted by molar-refractivity contribution is 0.167. The van der Waals surface area contributed by atoms with Crippen molar-refractivity contribution in [1.82, 2.24) is 0 Å². The molecule has 0 radical (unpaired) electrons. The maximum absolute atomic E-state index is 14.3. The number of methoxy groups -OCH3 is 2. The van der Waals surface area contributed by atoms with Gasteiger partial charge in [-0.25, -0.2) is 4.39 Å². The number of nitrogens with two attached hydrogens (primary N) is 1. The van der Waals surface area contributed by atoms with Crippen LogP contribution in [0, 0.1) is 11.2 Å². The van der Waals surface area contributed by atoms with Crippen molar-refractivity contribution in [3.8, 4) is 11.5 Å². The van der Waals surface area contributed by atoms with Gasteiger partial charge in [-0.2, -0.15) is 0 Å². The molecule has 1 aliphatic carbocycles. The van der Waals surface area contributed by atoms with Gasteiger partial charge < -0.3 is 15.2 Å². The molecule has 1 aromatic rings. The molecule has 0 aliphatic heterocycles. The summed E-state index contributed by atoms with van der Waals surface area (Å²) in [7, 11) is 3.05. The number of hydrogen-bond acceptors (Lipinski definition) is 3. The van der Waals surface area contributed by atoms with Crippen LogP contribution in [0.2, 0.25) is 0 Å². The first-order chi connectivity index (χ1) is 9.51. The minimum Gasteiger partial charge on any atom is -0.493 e. The molecule has 0 bridgehead atoms. The van der Waals surface area contributed by atoms with Crippen LogP contribution in [0.15, 0.2) is 12.1 Å². The third-order valence-electron chi connectivity index (χ3n) is 4.58. The quantitative estimate of drug-likeness (QED) is 0.912. The maximum Gasteiger partial charge on any atom is 0.163 e. The molecule has 3 nitrogen and oxygen atoms in total. The molecule has 20 heavy (non-hydrogen) atoms. The molecule has 112 valence electrons. The van der Waals surface area contributed by atoms with E-state index in [1.54, 1.807) is 13.2 Å². The molecule has 2 N–H and O–H groups in total. The summed E-state index contributed by atoms with van der Waals surface area (Å²) in [6.45, 7) is 2.16. The summed E-state index contributed by atoms with van der Waals surface area (Å²) < 4.78 is 24.7. The Morgan fingerprint density at radius 2 is 1.65 bits per heavy atom. The number of ether oxygens (including phenoxy) is 2. The van der Waals surface area contributed by atoms with Crippen LogP contribution in [0.25, 0.3) is 0 Å². The normalized spacial score (nSPS) is 19.4. The second-order valence-corrected chi connectivity index (χ2v) is 5.92. The molecule has 2 rings (SSSR count). The Morgan fingerprint density at radius 3 is 2.20 bits per heavy atom. The Bertz CT molecular complexity index is 470. The lowest BCUT2D eigenvalue weighted by atomic mass is 9.69. The van der Waals surface area contributed by atoms with Gasteiger partial charge in [0.05, 0.1) is 14.2 Å². The van der Waals surface area contributed by atoms with Crippen LogP contribution in [0.5, 0.6) is 11.5 Å². The Hall–Kier alpha value is -1.29. The van der Waals surface area contributed by atoms with Crippen molar-refractivity contribution in [2.45, 2.75) is 45.1 Å². The van der Waals surface area contributed by atoms with Gasteiger partial charge in [-0.15, -0.1) is 0 Å². The van der Waals surface area contributed by atoms with Crippen LogP contribution in [0.1, 0.15) is 50.6 Å². The molecule has 0 aromatic heterocycles. The average molecular weight is 281 g/mol. The molecule has 0 spiro atoms. The monoisotopic (exact) mass is 281 g/mol. The smallest absolute Gasteiger partial charge is 0.163 e. The van der Waals surface area contributed by atoms with Crippen molar-refractivity contribution < 1.29 is 13.9 Å². The van der Waals surface area contributed by atoms with Crippen molar-refractivity contribution in [1.29, 1.82) is 0 Å². The van der Waals surface area contributed by atoms with Gasteiger partial charge in [0.15, 0.2) is 11.5 Å². The summed E-state index contributed by atoms with van der Waals surface area (Å²) in [4.78, 5) is 0. The fourth-order valence-electron chi connectivity index (χ4n) is 3.15. The van der Waals surface area contributed by atoms with Gasteiger partial charge in [-0.3, -0.25) is 0 Å². The second kappa shape index (κ2) is 6.00. The Morgan fingerprint density at radius 1 is 1.10 bits per heavy atom. The van der Waals surface area contributed by atoms with Gasteiger partial charge in [0.25, 0.3) is 0 Å². The lowest BCUT2D eigenvalue weighted by Gasteiger charge is -2.39. The third-order valence-corrected chi connectivity index (χ3v) is 4.58. The summed E-state index contributed by atoms with van der Waals surface area (Å²) in [6, 6.07) is 2.72. The Labute approximate surface area is 120 Å². The number of benzene rings is 1. The van der Waals surface area contributed by atoms with Gasteiger partial charge in [0, 0.05) is 17.7 Å². The SMILES string of the molecule is COc1cc(F)c(C(N)C2(C)CCCCC2)cc1OC. The van der Waals surface area contributed by atoms with Gasteiger partial charge in [-0.1, -0.05) is 26.2 Å². The highest BCUT2D eigenvalue weighted by Crippen LogP contribution is 2.46. The maximum atomic E-state index is 14.3. The zero-order valence-electron chi connectivity index (χ0n) is 12.5. The number of hydrogen-bond donors (Lipinski definition) is 1. The molecule has 1 fully saturated rings. The Kier molecular flexibility index (Phi) is 4.53. The minimum atomic E-state index is -0.318. The van der Waals surface area contributed by atoms with E-state index in [-0.39, 0.29) is 17.3 Å². The van der Waals surface area contributed by atoms with E-state index >= 15 is 0 Å². The fraction of sp³-hybridized carbons (Fsp3) is 0.625. The molecule has 0 saturated heterocycles. The van der Waals surface area contributed by atoms with E-state index in [2.05, 4.69) is 6.92 Å². The van der Waals surface area contributed by atoms with E-state index in [1.165, 1.54) is 32.4 Å².